The van der Waals surface area contributed by atoms with E-state index in [0.717, 1.165) is 5.56 Å². The van der Waals surface area contributed by atoms with Gasteiger partial charge in [0.2, 0.25) is 0 Å². The van der Waals surface area contributed by atoms with E-state index < -0.39 is 0 Å². The molecule has 0 atom stereocenters. The zero-order chi connectivity index (χ0) is 15.9. The lowest BCUT2D eigenvalue weighted by atomic mass is 9.81. The highest BCUT2D eigenvalue weighted by molar-refractivity contribution is 6.29. The van der Waals surface area contributed by atoms with Crippen LogP contribution in [0.1, 0.15) is 37.4 Å². The van der Waals surface area contributed by atoms with Gasteiger partial charge in [0.1, 0.15) is 5.75 Å². The summed E-state index contributed by atoms with van der Waals surface area (Å²) < 4.78 is 5.39. The molecule has 0 bridgehead atoms. The van der Waals surface area contributed by atoms with Crippen LogP contribution in [0.4, 0.5) is 0 Å². The van der Waals surface area contributed by atoms with Crippen molar-refractivity contribution in [1.82, 2.24) is 4.90 Å². The third kappa shape index (κ3) is 2.12. The van der Waals surface area contributed by atoms with E-state index in [4.69, 9.17) is 4.74 Å². The second-order valence-corrected chi connectivity index (χ2v) is 5.61. The third-order valence-electron chi connectivity index (χ3n) is 3.85. The molecule has 22 heavy (non-hydrogen) atoms. The van der Waals surface area contributed by atoms with Crippen molar-refractivity contribution in [3.63, 3.8) is 0 Å². The summed E-state index contributed by atoms with van der Waals surface area (Å²) in [6, 6.07) is 10.4. The topological polar surface area (TPSA) is 46.6 Å². The van der Waals surface area contributed by atoms with E-state index in [1.807, 2.05) is 19.0 Å². The Bertz CT molecular complexity index is 778. The molecule has 2 aromatic rings. The van der Waals surface area contributed by atoms with E-state index in [1.165, 1.54) is 0 Å². The number of ketones is 2. The number of carbonyl (C=O) groups is 2. The molecule has 1 aliphatic carbocycles. The fraction of sp³-hybridized carbons (Fsp3) is 0.222. The van der Waals surface area contributed by atoms with Crippen molar-refractivity contribution in [3.05, 3.63) is 64.2 Å². The first kappa shape index (κ1) is 14.5. The van der Waals surface area contributed by atoms with Crippen LogP contribution in [0.3, 0.4) is 0 Å². The van der Waals surface area contributed by atoms with Crippen LogP contribution in [0.15, 0.2) is 36.4 Å². The Morgan fingerprint density at radius 1 is 0.909 bits per heavy atom. The van der Waals surface area contributed by atoms with Crippen LogP contribution in [-0.4, -0.2) is 37.7 Å². The number of rotatable bonds is 3. The first-order valence-electron chi connectivity index (χ1n) is 7.07. The monoisotopic (exact) mass is 295 g/mol. The predicted octanol–water partition coefficient (Wildman–Crippen LogP) is 2.53. The van der Waals surface area contributed by atoms with E-state index >= 15 is 0 Å². The van der Waals surface area contributed by atoms with Gasteiger partial charge in [-0.1, -0.05) is 24.3 Å². The second-order valence-electron chi connectivity index (χ2n) is 5.61. The minimum Gasteiger partial charge on any atom is -0.496 e. The zero-order valence-electron chi connectivity index (χ0n) is 12.8. The Morgan fingerprint density at radius 3 is 2.14 bits per heavy atom. The van der Waals surface area contributed by atoms with E-state index in [9.17, 15) is 9.59 Å². The van der Waals surface area contributed by atoms with Gasteiger partial charge in [-0.2, -0.15) is 0 Å². The van der Waals surface area contributed by atoms with Gasteiger partial charge in [-0.15, -0.1) is 0 Å². The Balaban J connectivity index is 2.28. The first-order valence-corrected chi connectivity index (χ1v) is 7.07. The number of hydrogen-bond donors (Lipinski definition) is 0. The van der Waals surface area contributed by atoms with Crippen LogP contribution >= 0.6 is 0 Å². The highest BCUT2D eigenvalue weighted by Crippen LogP contribution is 2.34. The van der Waals surface area contributed by atoms with Gasteiger partial charge in [-0.05, 0) is 26.2 Å². The molecule has 0 saturated carbocycles. The number of hydrogen-bond acceptors (Lipinski definition) is 4. The van der Waals surface area contributed by atoms with Gasteiger partial charge < -0.3 is 9.64 Å². The minimum absolute atomic E-state index is 0.104. The Hall–Kier alpha value is -2.46. The molecular formula is C18H17NO3. The maximum absolute atomic E-state index is 12.9. The molecule has 112 valence electrons. The summed E-state index contributed by atoms with van der Waals surface area (Å²) in [7, 11) is 5.41. The Kier molecular flexibility index (Phi) is 3.54. The number of benzene rings is 2. The van der Waals surface area contributed by atoms with Gasteiger partial charge in [0.15, 0.2) is 11.6 Å². The molecule has 4 nitrogen and oxygen atoms in total. The number of nitrogens with zero attached hydrogens (tertiary/aromatic N) is 1. The SMILES string of the molecule is COc1ccc2c(c1CN(C)C)C(=O)c1ccccc1C2=O. The summed E-state index contributed by atoms with van der Waals surface area (Å²) in [5.74, 6) is 0.418. The minimum atomic E-state index is -0.110. The molecule has 0 fully saturated rings. The highest BCUT2D eigenvalue weighted by atomic mass is 16.5. The molecule has 0 aliphatic heterocycles. The largest absolute Gasteiger partial charge is 0.496 e. The average molecular weight is 295 g/mol. The lowest BCUT2D eigenvalue weighted by Crippen LogP contribution is -2.24. The Labute approximate surface area is 129 Å². The number of carbonyl (C=O) groups excluding carboxylic acids is 2. The zero-order valence-corrected chi connectivity index (χ0v) is 12.8. The molecule has 2 aromatic carbocycles. The number of methoxy groups -OCH3 is 1. The van der Waals surface area contributed by atoms with Crippen molar-refractivity contribution in [2.75, 3.05) is 21.2 Å². The molecule has 4 heteroatoms. The predicted molar refractivity (Wildman–Crippen MR) is 83.7 cm³/mol. The second kappa shape index (κ2) is 5.39. The van der Waals surface area contributed by atoms with Crippen molar-refractivity contribution < 1.29 is 14.3 Å². The number of fused-ring (bicyclic) bond motifs is 2. The molecule has 0 unspecified atom stereocenters. The molecule has 0 aromatic heterocycles. The van der Waals surface area contributed by atoms with Gasteiger partial charge in [-0.3, -0.25) is 9.59 Å². The smallest absolute Gasteiger partial charge is 0.194 e. The molecule has 3 rings (SSSR count). The van der Waals surface area contributed by atoms with Crippen molar-refractivity contribution in [2.45, 2.75) is 6.54 Å². The fourth-order valence-corrected chi connectivity index (χ4v) is 2.90. The standard InChI is InChI=1S/C18H17NO3/c1-19(2)10-14-15(22-3)9-8-13-16(14)18(21)12-7-5-4-6-11(12)17(13)20/h4-9H,10H2,1-3H3. The normalized spacial score (nSPS) is 13.1. The van der Waals surface area contributed by atoms with E-state index in [2.05, 4.69) is 0 Å². The summed E-state index contributed by atoms with van der Waals surface area (Å²) in [5.41, 5.74) is 2.63. The molecule has 0 amide bonds. The summed E-state index contributed by atoms with van der Waals surface area (Å²) in [6.07, 6.45) is 0. The van der Waals surface area contributed by atoms with E-state index in [-0.39, 0.29) is 11.6 Å². The molecule has 0 spiro atoms. The van der Waals surface area contributed by atoms with Crippen LogP contribution in [-0.2, 0) is 6.54 Å². The van der Waals surface area contributed by atoms with E-state index in [1.54, 1.807) is 43.5 Å². The van der Waals surface area contributed by atoms with Crippen molar-refractivity contribution in [2.24, 2.45) is 0 Å². The van der Waals surface area contributed by atoms with Crippen LogP contribution in [0.5, 0.6) is 5.75 Å². The van der Waals surface area contributed by atoms with Gasteiger partial charge in [0, 0.05) is 34.4 Å². The van der Waals surface area contributed by atoms with Crippen LogP contribution in [0.25, 0.3) is 0 Å². The summed E-state index contributed by atoms with van der Waals surface area (Å²) >= 11 is 0. The number of ether oxygens (including phenoxy) is 1. The van der Waals surface area contributed by atoms with Gasteiger partial charge >= 0.3 is 0 Å². The average Bonchev–Trinajstić information content (AvgIpc) is 2.52. The molecule has 1 aliphatic rings. The lowest BCUT2D eigenvalue weighted by molar-refractivity contribution is 0.0977. The summed E-state index contributed by atoms with van der Waals surface area (Å²) in [4.78, 5) is 27.5. The van der Waals surface area contributed by atoms with Crippen LogP contribution < -0.4 is 4.74 Å². The van der Waals surface area contributed by atoms with Gasteiger partial charge in [0.25, 0.3) is 0 Å². The summed E-state index contributed by atoms with van der Waals surface area (Å²) in [6.45, 7) is 0.535. The van der Waals surface area contributed by atoms with Crippen molar-refractivity contribution in [3.8, 4) is 5.75 Å². The van der Waals surface area contributed by atoms with Gasteiger partial charge in [-0.25, -0.2) is 0 Å². The molecule has 0 heterocycles. The molecule has 0 radical (unpaired) electrons. The fourth-order valence-electron chi connectivity index (χ4n) is 2.90. The van der Waals surface area contributed by atoms with Crippen molar-refractivity contribution in [1.29, 1.82) is 0 Å². The first-order chi connectivity index (χ1) is 10.5. The maximum atomic E-state index is 12.9. The lowest BCUT2D eigenvalue weighted by Gasteiger charge is -2.23. The molecule has 0 saturated heterocycles. The van der Waals surface area contributed by atoms with Crippen LogP contribution in [0, 0.1) is 0 Å². The maximum Gasteiger partial charge on any atom is 0.194 e. The van der Waals surface area contributed by atoms with Crippen LogP contribution in [0.2, 0.25) is 0 Å². The van der Waals surface area contributed by atoms with Crippen molar-refractivity contribution >= 4 is 11.6 Å². The third-order valence-corrected chi connectivity index (χ3v) is 3.85. The van der Waals surface area contributed by atoms with Gasteiger partial charge in [0.05, 0.1) is 7.11 Å². The Morgan fingerprint density at radius 2 is 1.55 bits per heavy atom. The molecule has 0 N–H and O–H groups in total. The molecular weight excluding hydrogens is 278 g/mol. The summed E-state index contributed by atoms with van der Waals surface area (Å²) in [5, 5.41) is 0. The highest BCUT2D eigenvalue weighted by Gasteiger charge is 2.32. The quantitative estimate of drug-likeness (QED) is 0.745. The van der Waals surface area contributed by atoms with E-state index in [0.29, 0.717) is 34.5 Å².